The van der Waals surface area contributed by atoms with Crippen LogP contribution in [0.1, 0.15) is 75.1 Å². The fourth-order valence-corrected chi connectivity index (χ4v) is 2.66. The molecule has 0 saturated carbocycles. The Balaban J connectivity index is 2.01. The molecule has 0 aliphatic rings. The van der Waals surface area contributed by atoms with Crippen LogP contribution in [0.15, 0.2) is 24.3 Å². The van der Waals surface area contributed by atoms with E-state index in [1.807, 2.05) is 19.1 Å². The molecular weight excluding hydrogens is 318 g/mol. The number of carbonyl (C=O) groups excluding carboxylic acids is 1. The lowest BCUT2D eigenvalue weighted by molar-refractivity contribution is -0.137. The molecule has 0 heterocycles. The van der Waals surface area contributed by atoms with E-state index in [1.165, 1.54) is 6.42 Å². The van der Waals surface area contributed by atoms with Gasteiger partial charge in [-0.1, -0.05) is 44.6 Å². The lowest BCUT2D eigenvalue weighted by atomic mass is 10.1. The molecule has 5 heteroatoms. The van der Waals surface area contributed by atoms with Crippen LogP contribution in [0.2, 0.25) is 0 Å². The van der Waals surface area contributed by atoms with E-state index in [0.29, 0.717) is 18.7 Å². The number of amides is 1. The number of carboxylic acid groups (broad SMARTS) is 1. The SMILES string of the molecule is CCOc1cccc(C(=O)NCCCCCCCCCCC(=O)O)c1. The molecular formula is C20H31NO4. The van der Waals surface area contributed by atoms with Crippen molar-refractivity contribution in [2.75, 3.05) is 13.2 Å². The van der Waals surface area contributed by atoms with Crippen molar-refractivity contribution in [2.24, 2.45) is 0 Å². The van der Waals surface area contributed by atoms with Crippen molar-refractivity contribution in [3.05, 3.63) is 29.8 Å². The molecule has 0 aromatic heterocycles. The van der Waals surface area contributed by atoms with Gasteiger partial charge in [-0.3, -0.25) is 9.59 Å². The molecule has 140 valence electrons. The van der Waals surface area contributed by atoms with Crippen molar-refractivity contribution in [1.29, 1.82) is 0 Å². The first kappa shape index (κ1) is 21.0. The van der Waals surface area contributed by atoms with Crippen LogP contribution < -0.4 is 10.1 Å². The predicted octanol–water partition coefficient (Wildman–Crippen LogP) is 4.41. The molecule has 5 nitrogen and oxygen atoms in total. The summed E-state index contributed by atoms with van der Waals surface area (Å²) in [5.41, 5.74) is 0.632. The van der Waals surface area contributed by atoms with Crippen molar-refractivity contribution in [3.8, 4) is 5.75 Å². The minimum atomic E-state index is -0.702. The normalized spacial score (nSPS) is 10.4. The van der Waals surface area contributed by atoms with Crippen LogP contribution in [0.25, 0.3) is 0 Å². The first-order chi connectivity index (χ1) is 12.1. The van der Waals surface area contributed by atoms with Crippen LogP contribution >= 0.6 is 0 Å². The summed E-state index contributed by atoms with van der Waals surface area (Å²) < 4.78 is 5.40. The Labute approximate surface area is 150 Å². The number of carbonyl (C=O) groups is 2. The molecule has 0 saturated heterocycles. The first-order valence-corrected chi connectivity index (χ1v) is 9.36. The molecule has 25 heavy (non-hydrogen) atoms. The number of aliphatic carboxylic acids is 1. The fourth-order valence-electron chi connectivity index (χ4n) is 2.66. The van der Waals surface area contributed by atoms with Gasteiger partial charge >= 0.3 is 5.97 Å². The first-order valence-electron chi connectivity index (χ1n) is 9.36. The van der Waals surface area contributed by atoms with Gasteiger partial charge in [0.25, 0.3) is 5.91 Å². The second-order valence-electron chi connectivity index (χ2n) is 6.19. The van der Waals surface area contributed by atoms with E-state index in [2.05, 4.69) is 5.32 Å². The van der Waals surface area contributed by atoms with Gasteiger partial charge in [0, 0.05) is 18.5 Å². The van der Waals surface area contributed by atoms with Crippen LogP contribution in [0, 0.1) is 0 Å². The van der Waals surface area contributed by atoms with E-state index in [4.69, 9.17) is 9.84 Å². The van der Waals surface area contributed by atoms with E-state index in [0.717, 1.165) is 50.7 Å². The number of benzene rings is 1. The Hall–Kier alpha value is -2.04. The standard InChI is InChI=1S/C20H31NO4/c1-2-25-18-13-11-12-17(16-18)20(24)21-15-10-8-6-4-3-5-7-9-14-19(22)23/h11-13,16H,2-10,14-15H2,1H3,(H,21,24)(H,22,23). The molecule has 1 aromatic rings. The Kier molecular flexibility index (Phi) is 11.2. The fraction of sp³-hybridized carbons (Fsp3) is 0.600. The van der Waals surface area contributed by atoms with Gasteiger partial charge in [-0.05, 0) is 38.0 Å². The van der Waals surface area contributed by atoms with Crippen LogP contribution in [-0.2, 0) is 4.79 Å². The smallest absolute Gasteiger partial charge is 0.303 e. The second-order valence-corrected chi connectivity index (χ2v) is 6.19. The van der Waals surface area contributed by atoms with Crippen LogP contribution in [0.4, 0.5) is 0 Å². The third-order valence-electron chi connectivity index (χ3n) is 4.01. The van der Waals surface area contributed by atoms with Gasteiger partial charge < -0.3 is 15.2 Å². The molecule has 0 aliphatic carbocycles. The zero-order chi connectivity index (χ0) is 18.3. The van der Waals surface area contributed by atoms with E-state index < -0.39 is 5.97 Å². The highest BCUT2D eigenvalue weighted by atomic mass is 16.5. The van der Waals surface area contributed by atoms with E-state index in [1.54, 1.807) is 12.1 Å². The quantitative estimate of drug-likeness (QED) is 0.488. The average molecular weight is 349 g/mol. The maximum atomic E-state index is 12.1. The van der Waals surface area contributed by atoms with Gasteiger partial charge in [-0.15, -0.1) is 0 Å². The van der Waals surface area contributed by atoms with E-state index >= 15 is 0 Å². The third-order valence-corrected chi connectivity index (χ3v) is 4.01. The number of nitrogens with one attached hydrogen (secondary N) is 1. The lowest BCUT2D eigenvalue weighted by Crippen LogP contribution is -2.24. The molecule has 0 atom stereocenters. The Morgan fingerprint density at radius 2 is 1.64 bits per heavy atom. The van der Waals surface area contributed by atoms with Gasteiger partial charge in [0.2, 0.25) is 0 Å². The maximum absolute atomic E-state index is 12.1. The summed E-state index contributed by atoms with van der Waals surface area (Å²) >= 11 is 0. The van der Waals surface area contributed by atoms with E-state index in [-0.39, 0.29) is 12.3 Å². The second kappa shape index (κ2) is 13.3. The largest absolute Gasteiger partial charge is 0.494 e. The molecule has 0 aliphatic heterocycles. The maximum Gasteiger partial charge on any atom is 0.303 e. The number of hydrogen-bond acceptors (Lipinski definition) is 3. The molecule has 2 N–H and O–H groups in total. The summed E-state index contributed by atoms with van der Waals surface area (Å²) in [5.74, 6) is -0.0369. The summed E-state index contributed by atoms with van der Waals surface area (Å²) in [6.45, 7) is 3.20. The number of ether oxygens (including phenoxy) is 1. The zero-order valence-corrected chi connectivity index (χ0v) is 15.3. The van der Waals surface area contributed by atoms with Crippen molar-refractivity contribution in [2.45, 2.75) is 64.7 Å². The van der Waals surface area contributed by atoms with Gasteiger partial charge in [0.1, 0.15) is 5.75 Å². The summed E-state index contributed by atoms with van der Waals surface area (Å²) in [7, 11) is 0. The summed E-state index contributed by atoms with van der Waals surface area (Å²) in [5, 5.41) is 11.5. The van der Waals surface area contributed by atoms with Crippen molar-refractivity contribution >= 4 is 11.9 Å². The molecule has 1 amide bonds. The minimum absolute atomic E-state index is 0.0556. The topological polar surface area (TPSA) is 75.6 Å². The molecule has 0 spiro atoms. The highest BCUT2D eigenvalue weighted by molar-refractivity contribution is 5.94. The molecule has 1 rings (SSSR count). The average Bonchev–Trinajstić information content (AvgIpc) is 2.59. The Morgan fingerprint density at radius 1 is 1.00 bits per heavy atom. The monoisotopic (exact) mass is 349 g/mol. The summed E-state index contributed by atoms with van der Waals surface area (Å²) in [4.78, 5) is 22.5. The number of carboxylic acids is 1. The number of rotatable bonds is 14. The summed E-state index contributed by atoms with van der Waals surface area (Å²) in [6.07, 6.45) is 8.77. The lowest BCUT2D eigenvalue weighted by Gasteiger charge is -2.07. The van der Waals surface area contributed by atoms with Crippen LogP contribution in [0.3, 0.4) is 0 Å². The predicted molar refractivity (Wildman–Crippen MR) is 99.1 cm³/mol. The third kappa shape index (κ3) is 10.4. The van der Waals surface area contributed by atoms with Crippen molar-refractivity contribution in [3.63, 3.8) is 0 Å². The molecule has 0 unspecified atom stereocenters. The van der Waals surface area contributed by atoms with Crippen LogP contribution in [0.5, 0.6) is 5.75 Å². The van der Waals surface area contributed by atoms with Gasteiger partial charge in [0.05, 0.1) is 6.61 Å². The van der Waals surface area contributed by atoms with Gasteiger partial charge in [0.15, 0.2) is 0 Å². The minimum Gasteiger partial charge on any atom is -0.494 e. The number of unbranched alkanes of at least 4 members (excludes halogenated alkanes) is 7. The van der Waals surface area contributed by atoms with Gasteiger partial charge in [-0.2, -0.15) is 0 Å². The van der Waals surface area contributed by atoms with Crippen LogP contribution in [-0.4, -0.2) is 30.1 Å². The van der Waals surface area contributed by atoms with Crippen molar-refractivity contribution in [1.82, 2.24) is 5.32 Å². The van der Waals surface area contributed by atoms with Crippen molar-refractivity contribution < 1.29 is 19.4 Å². The zero-order valence-electron chi connectivity index (χ0n) is 15.3. The summed E-state index contributed by atoms with van der Waals surface area (Å²) in [6, 6.07) is 7.24. The Bertz CT molecular complexity index is 516. The van der Waals surface area contributed by atoms with Gasteiger partial charge in [-0.25, -0.2) is 0 Å². The number of hydrogen-bond donors (Lipinski definition) is 2. The Morgan fingerprint density at radius 3 is 2.28 bits per heavy atom. The molecule has 1 aromatic carbocycles. The molecule has 0 bridgehead atoms. The highest BCUT2D eigenvalue weighted by Crippen LogP contribution is 2.13. The molecule has 0 radical (unpaired) electrons. The van der Waals surface area contributed by atoms with E-state index in [9.17, 15) is 9.59 Å². The highest BCUT2D eigenvalue weighted by Gasteiger charge is 2.05. The molecule has 0 fully saturated rings.